The van der Waals surface area contributed by atoms with Gasteiger partial charge in [0.25, 0.3) is 5.91 Å². The van der Waals surface area contributed by atoms with Gasteiger partial charge in [0.1, 0.15) is 0 Å². The van der Waals surface area contributed by atoms with Gasteiger partial charge >= 0.3 is 6.18 Å². The van der Waals surface area contributed by atoms with E-state index in [1.54, 1.807) is 6.07 Å². The number of rotatable bonds is 7. The molecule has 0 atom stereocenters. The van der Waals surface area contributed by atoms with Gasteiger partial charge in [-0.15, -0.1) is 10.2 Å². The number of anilines is 1. The third-order valence-electron chi connectivity index (χ3n) is 5.35. The third kappa shape index (κ3) is 4.90. The topological polar surface area (TPSA) is 100 Å². The van der Waals surface area contributed by atoms with E-state index < -0.39 is 23.3 Å². The Kier molecular flexibility index (Phi) is 6.57. The zero-order valence-corrected chi connectivity index (χ0v) is 18.4. The molecule has 0 radical (unpaired) electrons. The van der Waals surface area contributed by atoms with Crippen LogP contribution in [-0.2, 0) is 6.18 Å². The number of alkyl halides is 3. The first-order valence-electron chi connectivity index (χ1n) is 10.5. The summed E-state index contributed by atoms with van der Waals surface area (Å²) in [5.74, 6) is -0.210. The molecule has 0 spiro atoms. The SMILES string of the molecule is COc1ccc(-n2ncc(C(=O)Nc3ccc(OC)c(OC4CCCC4)c3)c2C(F)(F)F)nn1. The smallest absolute Gasteiger partial charge is 0.434 e. The zero-order valence-electron chi connectivity index (χ0n) is 18.4. The molecule has 12 heteroatoms. The number of nitrogens with zero attached hydrogens (tertiary/aromatic N) is 4. The highest BCUT2D eigenvalue weighted by Crippen LogP contribution is 2.36. The Bertz CT molecular complexity index is 1160. The van der Waals surface area contributed by atoms with Gasteiger partial charge in [-0.3, -0.25) is 4.79 Å². The van der Waals surface area contributed by atoms with Crippen LogP contribution in [0.15, 0.2) is 36.5 Å². The van der Waals surface area contributed by atoms with Crippen molar-refractivity contribution >= 4 is 11.6 Å². The average molecular weight is 477 g/mol. The molecule has 0 aliphatic heterocycles. The fourth-order valence-electron chi connectivity index (χ4n) is 3.73. The Hall–Kier alpha value is -3.83. The highest BCUT2D eigenvalue weighted by molar-refractivity contribution is 6.05. The molecule has 0 saturated heterocycles. The molecule has 9 nitrogen and oxygen atoms in total. The normalized spacial score (nSPS) is 14.1. The first kappa shape index (κ1) is 23.3. The van der Waals surface area contributed by atoms with Crippen LogP contribution in [0.4, 0.5) is 18.9 Å². The Morgan fingerprint density at radius 1 is 1.06 bits per heavy atom. The summed E-state index contributed by atoms with van der Waals surface area (Å²) >= 11 is 0. The van der Waals surface area contributed by atoms with Gasteiger partial charge in [-0.2, -0.15) is 18.3 Å². The Morgan fingerprint density at radius 2 is 1.82 bits per heavy atom. The van der Waals surface area contributed by atoms with E-state index in [0.717, 1.165) is 31.9 Å². The molecule has 1 aromatic carbocycles. The van der Waals surface area contributed by atoms with Crippen molar-refractivity contribution in [2.75, 3.05) is 19.5 Å². The van der Waals surface area contributed by atoms with Gasteiger partial charge in [-0.05, 0) is 43.9 Å². The molecule has 3 aromatic rings. The van der Waals surface area contributed by atoms with E-state index in [4.69, 9.17) is 14.2 Å². The van der Waals surface area contributed by atoms with Crippen LogP contribution in [0.3, 0.4) is 0 Å². The van der Waals surface area contributed by atoms with E-state index in [2.05, 4.69) is 20.6 Å². The predicted molar refractivity (Wildman–Crippen MR) is 115 cm³/mol. The van der Waals surface area contributed by atoms with Crippen molar-refractivity contribution in [3.05, 3.63) is 47.8 Å². The van der Waals surface area contributed by atoms with Crippen LogP contribution in [0.25, 0.3) is 5.82 Å². The maximum Gasteiger partial charge on any atom is 0.434 e. The number of halogens is 3. The molecule has 2 heterocycles. The van der Waals surface area contributed by atoms with E-state index in [-0.39, 0.29) is 23.5 Å². The van der Waals surface area contributed by atoms with Crippen molar-refractivity contribution in [3.8, 4) is 23.2 Å². The predicted octanol–water partition coefficient (Wildman–Crippen LogP) is 4.27. The maximum absolute atomic E-state index is 13.9. The van der Waals surface area contributed by atoms with Crippen molar-refractivity contribution < 1.29 is 32.2 Å². The fourth-order valence-corrected chi connectivity index (χ4v) is 3.73. The van der Waals surface area contributed by atoms with Gasteiger partial charge in [0, 0.05) is 17.8 Å². The number of carbonyl (C=O) groups is 1. The van der Waals surface area contributed by atoms with Crippen molar-refractivity contribution in [1.29, 1.82) is 0 Å². The summed E-state index contributed by atoms with van der Waals surface area (Å²) in [7, 11) is 2.84. The van der Waals surface area contributed by atoms with Gasteiger partial charge in [0.2, 0.25) is 5.88 Å². The fraction of sp³-hybridized carbons (Fsp3) is 0.364. The van der Waals surface area contributed by atoms with Crippen LogP contribution < -0.4 is 19.5 Å². The largest absolute Gasteiger partial charge is 0.493 e. The summed E-state index contributed by atoms with van der Waals surface area (Å²) in [4.78, 5) is 12.8. The van der Waals surface area contributed by atoms with Crippen molar-refractivity contribution in [2.45, 2.75) is 38.0 Å². The summed E-state index contributed by atoms with van der Waals surface area (Å²) < 4.78 is 58.4. The lowest BCUT2D eigenvalue weighted by molar-refractivity contribution is -0.143. The molecular weight excluding hydrogens is 455 g/mol. The van der Waals surface area contributed by atoms with E-state index in [0.29, 0.717) is 16.2 Å². The lowest BCUT2D eigenvalue weighted by atomic mass is 10.2. The third-order valence-corrected chi connectivity index (χ3v) is 5.35. The first-order chi connectivity index (χ1) is 16.3. The summed E-state index contributed by atoms with van der Waals surface area (Å²) in [6.45, 7) is 0. The minimum Gasteiger partial charge on any atom is -0.493 e. The van der Waals surface area contributed by atoms with Crippen LogP contribution in [0.1, 0.15) is 41.7 Å². The second kappa shape index (κ2) is 9.57. The van der Waals surface area contributed by atoms with E-state index in [1.165, 1.54) is 38.5 Å². The average Bonchev–Trinajstić information content (AvgIpc) is 3.49. The summed E-state index contributed by atoms with van der Waals surface area (Å²) in [6, 6.07) is 7.23. The highest BCUT2D eigenvalue weighted by Gasteiger charge is 2.41. The second-order valence-electron chi connectivity index (χ2n) is 7.59. The molecule has 1 aliphatic carbocycles. The second-order valence-corrected chi connectivity index (χ2v) is 7.59. The van der Waals surface area contributed by atoms with E-state index >= 15 is 0 Å². The summed E-state index contributed by atoms with van der Waals surface area (Å²) in [6.07, 6.45) is -0.0892. The molecule has 4 rings (SSSR count). The Balaban J connectivity index is 1.62. The van der Waals surface area contributed by atoms with Crippen LogP contribution in [0.2, 0.25) is 0 Å². The minimum absolute atomic E-state index is 0.0283. The number of methoxy groups -OCH3 is 2. The van der Waals surface area contributed by atoms with Gasteiger partial charge in [0.15, 0.2) is 23.0 Å². The Morgan fingerprint density at radius 3 is 2.44 bits per heavy atom. The lowest BCUT2D eigenvalue weighted by Gasteiger charge is -2.17. The number of ether oxygens (including phenoxy) is 3. The van der Waals surface area contributed by atoms with Gasteiger partial charge in [-0.25, -0.2) is 4.68 Å². The van der Waals surface area contributed by atoms with Crippen LogP contribution >= 0.6 is 0 Å². The number of hydrogen-bond acceptors (Lipinski definition) is 7. The first-order valence-corrected chi connectivity index (χ1v) is 10.5. The standard InChI is InChI=1S/C22H22F3N5O4/c1-32-16-8-7-13(11-17(16)34-14-5-3-4-6-14)27-21(31)15-12-26-30(20(15)22(23,24)25)18-9-10-19(33-2)29-28-18/h7-12,14H,3-6H2,1-2H3,(H,27,31). The number of aromatic nitrogens is 4. The number of nitrogens with one attached hydrogen (secondary N) is 1. The van der Waals surface area contributed by atoms with Crippen LogP contribution in [0, 0.1) is 0 Å². The van der Waals surface area contributed by atoms with Gasteiger partial charge in [0.05, 0.1) is 32.1 Å². The minimum atomic E-state index is -4.89. The van der Waals surface area contributed by atoms with Crippen LogP contribution in [-0.4, -0.2) is 46.2 Å². The molecule has 1 amide bonds. The summed E-state index contributed by atoms with van der Waals surface area (Å²) in [5, 5.41) is 13.6. The van der Waals surface area contributed by atoms with Crippen LogP contribution in [0.5, 0.6) is 17.4 Å². The molecule has 34 heavy (non-hydrogen) atoms. The summed E-state index contributed by atoms with van der Waals surface area (Å²) in [5.41, 5.74) is -1.69. The molecule has 1 fully saturated rings. The molecule has 2 aromatic heterocycles. The molecule has 0 unspecified atom stereocenters. The molecule has 0 bridgehead atoms. The molecule has 1 aliphatic rings. The molecule has 180 valence electrons. The number of amides is 1. The highest BCUT2D eigenvalue weighted by atomic mass is 19.4. The van der Waals surface area contributed by atoms with Crippen molar-refractivity contribution in [1.82, 2.24) is 20.0 Å². The quantitative estimate of drug-likeness (QED) is 0.542. The zero-order chi connectivity index (χ0) is 24.3. The maximum atomic E-state index is 13.9. The molecular formula is C22H22F3N5O4. The molecule has 1 saturated carbocycles. The van der Waals surface area contributed by atoms with E-state index in [1.807, 2.05) is 0 Å². The van der Waals surface area contributed by atoms with Crippen molar-refractivity contribution in [3.63, 3.8) is 0 Å². The van der Waals surface area contributed by atoms with E-state index in [9.17, 15) is 18.0 Å². The number of hydrogen-bond donors (Lipinski definition) is 1. The number of benzene rings is 1. The molecule has 1 N–H and O–H groups in total. The van der Waals surface area contributed by atoms with Crippen molar-refractivity contribution in [2.24, 2.45) is 0 Å². The van der Waals surface area contributed by atoms with Gasteiger partial charge in [-0.1, -0.05) is 0 Å². The Labute approximate surface area is 192 Å². The van der Waals surface area contributed by atoms with Gasteiger partial charge < -0.3 is 19.5 Å². The number of carbonyl (C=O) groups excluding carboxylic acids is 1. The lowest BCUT2D eigenvalue weighted by Crippen LogP contribution is -2.21. The monoisotopic (exact) mass is 477 g/mol.